The summed E-state index contributed by atoms with van der Waals surface area (Å²) in [5.74, 6) is -0.131. The minimum atomic E-state index is -3.77. The van der Waals surface area contributed by atoms with Crippen LogP contribution in [0.2, 0.25) is 10.0 Å². The monoisotopic (exact) mass is 343 g/mol. The fourth-order valence-corrected chi connectivity index (χ4v) is 3.26. The average Bonchev–Trinajstić information content (AvgIpc) is 2.37. The van der Waals surface area contributed by atoms with Crippen LogP contribution >= 0.6 is 23.2 Å². The van der Waals surface area contributed by atoms with E-state index in [0.29, 0.717) is 15.6 Å². The maximum absolute atomic E-state index is 12.2. The van der Waals surface area contributed by atoms with Gasteiger partial charge in [-0.3, -0.25) is 9.52 Å². The number of hydrogen-bond acceptors (Lipinski definition) is 3. The number of halogens is 2. The zero-order valence-corrected chi connectivity index (χ0v) is 13.3. The Kier molecular flexibility index (Phi) is 4.56. The molecule has 0 spiro atoms. The Morgan fingerprint density at radius 1 is 1.00 bits per heavy atom. The highest BCUT2D eigenvalue weighted by atomic mass is 35.5. The third-order valence-electron chi connectivity index (χ3n) is 2.69. The molecule has 4 nitrogen and oxygen atoms in total. The third kappa shape index (κ3) is 3.97. The van der Waals surface area contributed by atoms with Crippen LogP contribution in [0.3, 0.4) is 0 Å². The van der Waals surface area contributed by atoms with Gasteiger partial charge >= 0.3 is 0 Å². The van der Waals surface area contributed by atoms with Gasteiger partial charge in [-0.15, -0.1) is 0 Å². The van der Waals surface area contributed by atoms with Crippen LogP contribution in [0.5, 0.6) is 0 Å². The summed E-state index contributed by atoms with van der Waals surface area (Å²) in [6.45, 7) is 1.41. The van der Waals surface area contributed by atoms with Gasteiger partial charge in [-0.05, 0) is 37.3 Å². The number of hydrogen-bond donors (Lipinski definition) is 1. The van der Waals surface area contributed by atoms with Crippen molar-refractivity contribution in [2.45, 2.75) is 11.8 Å². The van der Waals surface area contributed by atoms with Crippen molar-refractivity contribution in [1.29, 1.82) is 0 Å². The molecule has 0 fully saturated rings. The molecule has 0 aliphatic rings. The maximum Gasteiger partial charge on any atom is 0.261 e. The van der Waals surface area contributed by atoms with Crippen molar-refractivity contribution < 1.29 is 13.2 Å². The second-order valence-electron chi connectivity index (χ2n) is 4.34. The minimum absolute atomic E-state index is 0.0450. The summed E-state index contributed by atoms with van der Waals surface area (Å²) >= 11 is 11.6. The standard InChI is InChI=1S/C14H11Cl2NO3S/c1-9(18)10-2-4-14(5-3-10)21(19,20)17-13-7-11(15)6-12(16)8-13/h2-8,17H,1H3. The van der Waals surface area contributed by atoms with E-state index in [1.807, 2.05) is 0 Å². The highest BCUT2D eigenvalue weighted by molar-refractivity contribution is 7.92. The average molecular weight is 344 g/mol. The Bertz CT molecular complexity index is 766. The normalized spacial score (nSPS) is 11.2. The summed E-state index contributed by atoms with van der Waals surface area (Å²) in [7, 11) is -3.77. The van der Waals surface area contributed by atoms with Crippen LogP contribution in [0.1, 0.15) is 17.3 Å². The number of Topliss-reactive ketones (excluding diaryl/α,β-unsaturated/α-hetero) is 1. The number of ketones is 1. The van der Waals surface area contributed by atoms with E-state index in [-0.39, 0.29) is 16.4 Å². The van der Waals surface area contributed by atoms with Crippen molar-refractivity contribution >= 4 is 44.7 Å². The summed E-state index contributed by atoms with van der Waals surface area (Å²) in [4.78, 5) is 11.2. The fourth-order valence-electron chi connectivity index (χ4n) is 1.70. The smallest absolute Gasteiger partial charge is 0.261 e. The zero-order valence-electron chi connectivity index (χ0n) is 10.9. The van der Waals surface area contributed by atoms with Crippen molar-refractivity contribution in [1.82, 2.24) is 0 Å². The van der Waals surface area contributed by atoms with Crippen LogP contribution in [-0.2, 0) is 10.0 Å². The van der Waals surface area contributed by atoms with Crippen molar-refractivity contribution in [3.05, 3.63) is 58.1 Å². The Morgan fingerprint density at radius 3 is 2.00 bits per heavy atom. The number of sulfonamides is 1. The first kappa shape index (κ1) is 15.8. The molecular formula is C14H11Cl2NO3S. The lowest BCUT2D eigenvalue weighted by Crippen LogP contribution is -2.13. The fraction of sp³-hybridized carbons (Fsp3) is 0.0714. The van der Waals surface area contributed by atoms with Crippen LogP contribution < -0.4 is 4.72 Å². The first-order chi connectivity index (χ1) is 9.78. The van der Waals surface area contributed by atoms with E-state index < -0.39 is 10.0 Å². The number of nitrogens with one attached hydrogen (secondary N) is 1. The van der Waals surface area contributed by atoms with Gasteiger partial charge < -0.3 is 0 Å². The van der Waals surface area contributed by atoms with Gasteiger partial charge in [-0.25, -0.2) is 8.42 Å². The lowest BCUT2D eigenvalue weighted by molar-refractivity contribution is 0.101. The molecule has 2 rings (SSSR count). The second kappa shape index (κ2) is 6.05. The molecule has 0 unspecified atom stereocenters. The van der Waals surface area contributed by atoms with E-state index in [2.05, 4.69) is 4.72 Å². The van der Waals surface area contributed by atoms with E-state index in [1.54, 1.807) is 0 Å². The van der Waals surface area contributed by atoms with Gasteiger partial charge in [0.2, 0.25) is 0 Å². The molecule has 0 aliphatic carbocycles. The summed E-state index contributed by atoms with van der Waals surface area (Å²) in [5, 5.41) is 0.652. The molecule has 0 saturated carbocycles. The molecule has 110 valence electrons. The first-order valence-electron chi connectivity index (χ1n) is 5.88. The second-order valence-corrected chi connectivity index (χ2v) is 6.90. The van der Waals surface area contributed by atoms with Crippen LogP contribution in [0.4, 0.5) is 5.69 Å². The van der Waals surface area contributed by atoms with E-state index >= 15 is 0 Å². The van der Waals surface area contributed by atoms with Crippen molar-refractivity contribution in [2.24, 2.45) is 0 Å². The molecule has 21 heavy (non-hydrogen) atoms. The Balaban J connectivity index is 2.31. The molecule has 0 atom stereocenters. The largest absolute Gasteiger partial charge is 0.295 e. The Hall–Kier alpha value is -1.56. The molecule has 2 aromatic rings. The topological polar surface area (TPSA) is 63.2 Å². The van der Waals surface area contributed by atoms with Crippen LogP contribution in [0.15, 0.2) is 47.4 Å². The predicted molar refractivity (Wildman–Crippen MR) is 83.7 cm³/mol. The molecular weight excluding hydrogens is 333 g/mol. The van der Waals surface area contributed by atoms with Crippen molar-refractivity contribution in [2.75, 3.05) is 4.72 Å². The number of benzene rings is 2. The third-order valence-corrected chi connectivity index (χ3v) is 4.52. The van der Waals surface area contributed by atoms with Crippen molar-refractivity contribution in [3.8, 4) is 0 Å². The molecule has 0 heterocycles. The van der Waals surface area contributed by atoms with Gasteiger partial charge in [0.05, 0.1) is 10.6 Å². The van der Waals surface area contributed by atoms with Crippen molar-refractivity contribution in [3.63, 3.8) is 0 Å². The van der Waals surface area contributed by atoms with Gasteiger partial charge in [0.25, 0.3) is 10.0 Å². The summed E-state index contributed by atoms with van der Waals surface area (Å²) in [5.41, 5.74) is 0.711. The van der Waals surface area contributed by atoms with E-state index in [0.717, 1.165) is 0 Å². The van der Waals surface area contributed by atoms with Gasteiger partial charge in [0.15, 0.2) is 5.78 Å². The van der Waals surface area contributed by atoms with E-state index in [4.69, 9.17) is 23.2 Å². The zero-order chi connectivity index (χ0) is 15.6. The molecule has 7 heteroatoms. The molecule has 0 amide bonds. The predicted octanol–water partition coefficient (Wildman–Crippen LogP) is 4.00. The molecule has 0 radical (unpaired) electrons. The maximum atomic E-state index is 12.2. The highest BCUT2D eigenvalue weighted by Crippen LogP contribution is 2.24. The van der Waals surface area contributed by atoms with Crippen LogP contribution in [0, 0.1) is 0 Å². The molecule has 0 bridgehead atoms. The van der Waals surface area contributed by atoms with E-state index in [9.17, 15) is 13.2 Å². The Labute approximate surface area is 132 Å². The van der Waals surface area contributed by atoms with Crippen LogP contribution in [-0.4, -0.2) is 14.2 Å². The molecule has 0 aliphatic heterocycles. The molecule has 2 aromatic carbocycles. The summed E-state index contributed by atoms with van der Waals surface area (Å²) in [6, 6.07) is 10.1. The van der Waals surface area contributed by atoms with E-state index in [1.165, 1.54) is 49.4 Å². The molecule has 0 aromatic heterocycles. The van der Waals surface area contributed by atoms with Gasteiger partial charge in [0, 0.05) is 15.6 Å². The summed E-state index contributed by atoms with van der Waals surface area (Å²) in [6.07, 6.45) is 0. The quantitative estimate of drug-likeness (QED) is 0.853. The SMILES string of the molecule is CC(=O)c1ccc(S(=O)(=O)Nc2cc(Cl)cc(Cl)c2)cc1. The molecule has 1 N–H and O–H groups in total. The lowest BCUT2D eigenvalue weighted by atomic mass is 10.2. The van der Waals surface area contributed by atoms with Gasteiger partial charge in [-0.2, -0.15) is 0 Å². The van der Waals surface area contributed by atoms with Gasteiger partial charge in [-0.1, -0.05) is 35.3 Å². The number of carbonyl (C=O) groups excluding carboxylic acids is 1. The first-order valence-corrected chi connectivity index (χ1v) is 8.12. The molecule has 0 saturated heterocycles. The number of anilines is 1. The minimum Gasteiger partial charge on any atom is -0.295 e. The Morgan fingerprint density at radius 2 is 1.52 bits per heavy atom. The number of carbonyl (C=O) groups is 1. The van der Waals surface area contributed by atoms with Crippen LogP contribution in [0.25, 0.3) is 0 Å². The number of rotatable bonds is 4. The van der Waals surface area contributed by atoms with Gasteiger partial charge in [0.1, 0.15) is 0 Å². The highest BCUT2D eigenvalue weighted by Gasteiger charge is 2.15. The summed E-state index contributed by atoms with van der Waals surface area (Å²) < 4.78 is 26.8. The lowest BCUT2D eigenvalue weighted by Gasteiger charge is -2.09.